The second-order valence-corrected chi connectivity index (χ2v) is 18.1. The second-order valence-electron chi connectivity index (χ2n) is 18.1. The number of hydrogen-bond donors (Lipinski definition) is 0. The molecule has 326 valence electrons. The van der Waals surface area contributed by atoms with Crippen molar-refractivity contribution in [2.24, 2.45) is 0 Å². The molecule has 0 bridgehead atoms. The quantitative estimate of drug-likeness (QED) is 0.142. The maximum absolute atomic E-state index is 5.37. The molecular formula is C68H44N2. The van der Waals surface area contributed by atoms with Crippen LogP contribution in [-0.2, 0) is 0 Å². The van der Waals surface area contributed by atoms with E-state index in [1.807, 2.05) is 0 Å². The van der Waals surface area contributed by atoms with Crippen LogP contribution in [0.2, 0.25) is 0 Å². The van der Waals surface area contributed by atoms with E-state index in [4.69, 9.17) is 9.97 Å². The van der Waals surface area contributed by atoms with Gasteiger partial charge in [0.2, 0.25) is 0 Å². The summed E-state index contributed by atoms with van der Waals surface area (Å²) < 4.78 is 0. The lowest BCUT2D eigenvalue weighted by Crippen LogP contribution is -1.93. The summed E-state index contributed by atoms with van der Waals surface area (Å²) in [5.74, 6) is 0. The van der Waals surface area contributed by atoms with E-state index in [0.29, 0.717) is 0 Å². The van der Waals surface area contributed by atoms with E-state index >= 15 is 0 Å². The Hall–Kier alpha value is -9.24. The highest BCUT2D eigenvalue weighted by Crippen LogP contribution is 2.40. The average Bonchev–Trinajstić information content (AvgIpc) is 3.45. The molecule has 2 heterocycles. The van der Waals surface area contributed by atoms with Gasteiger partial charge < -0.3 is 0 Å². The second kappa shape index (κ2) is 17.4. The molecule has 2 nitrogen and oxygen atoms in total. The van der Waals surface area contributed by atoms with E-state index in [0.717, 1.165) is 78.4 Å². The third kappa shape index (κ3) is 7.59. The molecule has 2 aromatic heterocycles. The third-order valence-electron chi connectivity index (χ3n) is 13.8. The summed E-state index contributed by atoms with van der Waals surface area (Å²) in [6.45, 7) is 0. The van der Waals surface area contributed by atoms with E-state index in [1.165, 1.54) is 54.2 Å². The molecule has 0 aliphatic rings. The van der Waals surface area contributed by atoms with Gasteiger partial charge in [-0.05, 0) is 142 Å². The SMILES string of the molecule is c1ccc(-c2cc(-c3cccc(-c4cc(-c5ccccc5)nc(-c5cccc(-c6cc7ccccc7c7ccccc67)c5)c4)c3)cc(-c3cccc(-c4cc5ccccc5c5ccccc45)c3)n2)cc1. The molecule has 13 rings (SSSR count). The Labute approximate surface area is 407 Å². The average molecular weight is 889 g/mol. The van der Waals surface area contributed by atoms with Crippen molar-refractivity contribution in [3.8, 4) is 89.5 Å². The molecule has 0 aliphatic heterocycles. The number of benzene rings is 11. The zero-order valence-electron chi connectivity index (χ0n) is 38.3. The van der Waals surface area contributed by atoms with Crippen LogP contribution in [0, 0.1) is 0 Å². The van der Waals surface area contributed by atoms with Crippen LogP contribution in [0.15, 0.2) is 267 Å². The van der Waals surface area contributed by atoms with Crippen molar-refractivity contribution >= 4 is 43.1 Å². The summed E-state index contributed by atoms with van der Waals surface area (Å²) in [4.78, 5) is 10.7. The minimum Gasteiger partial charge on any atom is -0.248 e. The molecule has 0 saturated carbocycles. The van der Waals surface area contributed by atoms with Gasteiger partial charge in [0.05, 0.1) is 22.8 Å². The molecule has 70 heavy (non-hydrogen) atoms. The third-order valence-corrected chi connectivity index (χ3v) is 13.8. The number of hydrogen-bond acceptors (Lipinski definition) is 2. The number of rotatable bonds is 8. The zero-order chi connectivity index (χ0) is 46.4. The minimum absolute atomic E-state index is 0.922. The van der Waals surface area contributed by atoms with Crippen LogP contribution in [0.5, 0.6) is 0 Å². The van der Waals surface area contributed by atoms with E-state index in [9.17, 15) is 0 Å². The Balaban J connectivity index is 0.930. The van der Waals surface area contributed by atoms with Crippen molar-refractivity contribution in [3.05, 3.63) is 267 Å². The molecule has 2 heteroatoms. The van der Waals surface area contributed by atoms with Gasteiger partial charge in [-0.25, -0.2) is 9.97 Å². The summed E-state index contributed by atoms with van der Waals surface area (Å²) in [6, 6.07) is 96.1. The van der Waals surface area contributed by atoms with E-state index in [1.54, 1.807) is 0 Å². The maximum atomic E-state index is 5.37. The highest BCUT2D eigenvalue weighted by Gasteiger charge is 2.16. The number of nitrogens with zero attached hydrogens (tertiary/aromatic N) is 2. The van der Waals surface area contributed by atoms with E-state index < -0.39 is 0 Å². The molecular weight excluding hydrogens is 845 g/mol. The van der Waals surface area contributed by atoms with Crippen LogP contribution in [0.4, 0.5) is 0 Å². The van der Waals surface area contributed by atoms with Gasteiger partial charge >= 0.3 is 0 Å². The minimum atomic E-state index is 0.922. The predicted octanol–water partition coefficient (Wildman–Crippen LogP) is 18.4. The topological polar surface area (TPSA) is 25.8 Å². The summed E-state index contributed by atoms with van der Waals surface area (Å²) in [5.41, 5.74) is 17.1. The molecule has 0 saturated heterocycles. The van der Waals surface area contributed by atoms with Gasteiger partial charge in [-0.1, -0.05) is 212 Å². The molecule has 0 radical (unpaired) electrons. The first-order valence-corrected chi connectivity index (χ1v) is 24.0. The van der Waals surface area contributed by atoms with Crippen LogP contribution in [0.1, 0.15) is 0 Å². The molecule has 0 fully saturated rings. The molecule has 0 amide bonds. The molecule has 0 N–H and O–H groups in total. The van der Waals surface area contributed by atoms with Crippen LogP contribution in [0.3, 0.4) is 0 Å². The Morgan fingerprint density at radius 3 is 0.900 bits per heavy atom. The first-order valence-electron chi connectivity index (χ1n) is 24.0. The number of pyridine rings is 2. The molecule has 11 aromatic carbocycles. The van der Waals surface area contributed by atoms with Gasteiger partial charge in [-0.3, -0.25) is 0 Å². The Morgan fingerprint density at radius 2 is 0.471 bits per heavy atom. The first-order chi connectivity index (χ1) is 34.7. The van der Waals surface area contributed by atoms with Crippen LogP contribution in [-0.4, -0.2) is 9.97 Å². The fraction of sp³-hybridized carbons (Fsp3) is 0. The summed E-state index contributed by atoms with van der Waals surface area (Å²) in [7, 11) is 0. The van der Waals surface area contributed by atoms with Crippen molar-refractivity contribution in [3.63, 3.8) is 0 Å². The van der Waals surface area contributed by atoms with E-state index in [2.05, 4.69) is 267 Å². The van der Waals surface area contributed by atoms with Crippen LogP contribution < -0.4 is 0 Å². The van der Waals surface area contributed by atoms with Crippen LogP contribution in [0.25, 0.3) is 133 Å². The molecule has 13 aromatic rings. The summed E-state index contributed by atoms with van der Waals surface area (Å²) >= 11 is 0. The van der Waals surface area contributed by atoms with Gasteiger partial charge in [-0.15, -0.1) is 0 Å². The summed E-state index contributed by atoms with van der Waals surface area (Å²) in [5, 5.41) is 9.98. The fourth-order valence-electron chi connectivity index (χ4n) is 10.4. The van der Waals surface area contributed by atoms with Gasteiger partial charge in [0.25, 0.3) is 0 Å². The Kier molecular flexibility index (Phi) is 10.2. The molecule has 0 aliphatic carbocycles. The van der Waals surface area contributed by atoms with Gasteiger partial charge in [-0.2, -0.15) is 0 Å². The Bertz CT molecular complexity index is 3850. The lowest BCUT2D eigenvalue weighted by atomic mass is 9.91. The Morgan fingerprint density at radius 1 is 0.171 bits per heavy atom. The lowest BCUT2D eigenvalue weighted by Gasteiger charge is -2.15. The van der Waals surface area contributed by atoms with Crippen molar-refractivity contribution in [1.82, 2.24) is 9.97 Å². The normalized spacial score (nSPS) is 11.4. The van der Waals surface area contributed by atoms with Crippen molar-refractivity contribution < 1.29 is 0 Å². The number of aromatic nitrogens is 2. The van der Waals surface area contributed by atoms with Gasteiger partial charge in [0.1, 0.15) is 0 Å². The monoisotopic (exact) mass is 888 g/mol. The fourth-order valence-corrected chi connectivity index (χ4v) is 10.4. The standard InChI is InChI=1S/C68H44N2/c1-3-18-45(19-4-1)65-41-55(43-67(69-65)53-28-16-26-49(37-53)63-39-51-22-7-9-30-57(51)59-32-11-13-34-61(59)63)47-24-15-25-48(36-47)56-42-66(46-20-5-2-6-21-46)70-68(44-56)54-29-17-27-50(38-54)64-40-52-23-8-10-31-58(52)60-33-12-14-35-62(60)64/h1-44H. The number of fused-ring (bicyclic) bond motifs is 6. The highest BCUT2D eigenvalue weighted by atomic mass is 14.7. The molecule has 0 atom stereocenters. The van der Waals surface area contributed by atoms with Crippen molar-refractivity contribution in [2.45, 2.75) is 0 Å². The highest BCUT2D eigenvalue weighted by molar-refractivity contribution is 6.15. The van der Waals surface area contributed by atoms with Gasteiger partial charge in [0, 0.05) is 22.3 Å². The van der Waals surface area contributed by atoms with Crippen LogP contribution >= 0.6 is 0 Å². The largest absolute Gasteiger partial charge is 0.248 e. The predicted molar refractivity (Wildman–Crippen MR) is 296 cm³/mol. The molecule has 0 unspecified atom stereocenters. The smallest absolute Gasteiger partial charge is 0.0715 e. The van der Waals surface area contributed by atoms with E-state index in [-0.39, 0.29) is 0 Å². The maximum Gasteiger partial charge on any atom is 0.0715 e. The molecule has 0 spiro atoms. The summed E-state index contributed by atoms with van der Waals surface area (Å²) in [6.07, 6.45) is 0. The van der Waals surface area contributed by atoms with Crippen molar-refractivity contribution in [1.29, 1.82) is 0 Å². The lowest BCUT2D eigenvalue weighted by molar-refractivity contribution is 1.32. The first kappa shape index (κ1) is 41.0. The zero-order valence-corrected chi connectivity index (χ0v) is 38.3. The van der Waals surface area contributed by atoms with Gasteiger partial charge in [0.15, 0.2) is 0 Å². The van der Waals surface area contributed by atoms with Crippen molar-refractivity contribution in [2.75, 3.05) is 0 Å².